The molecule has 2 rings (SSSR count). The summed E-state index contributed by atoms with van der Waals surface area (Å²) in [4.78, 5) is 34.7. The Hall–Kier alpha value is -3.02. The Kier molecular flexibility index (Phi) is 8.31. The number of carbonyl (C=O) groups is 2. The van der Waals surface area contributed by atoms with Crippen molar-refractivity contribution in [3.8, 4) is 0 Å². The van der Waals surface area contributed by atoms with Crippen molar-refractivity contribution >= 4 is 44.9 Å². The first kappa shape index (κ1) is 25.2. The number of hydrogen-bond acceptors (Lipinski definition) is 7. The molecule has 2 aromatic carbocycles. The summed E-state index contributed by atoms with van der Waals surface area (Å²) in [5.41, 5.74) is 0.197. The molecule has 0 aliphatic carbocycles. The molecule has 0 saturated carbocycles. The van der Waals surface area contributed by atoms with Crippen LogP contribution in [-0.2, 0) is 19.6 Å². The molecule has 0 unspecified atom stereocenters. The van der Waals surface area contributed by atoms with Crippen LogP contribution in [0.25, 0.3) is 0 Å². The van der Waals surface area contributed by atoms with Gasteiger partial charge in [0.1, 0.15) is 4.90 Å². The van der Waals surface area contributed by atoms with Crippen molar-refractivity contribution < 1.29 is 27.7 Å². The quantitative estimate of drug-likeness (QED) is 0.328. The van der Waals surface area contributed by atoms with Gasteiger partial charge in [-0.25, -0.2) is 13.2 Å². The van der Waals surface area contributed by atoms with E-state index in [1.807, 2.05) is 0 Å². The van der Waals surface area contributed by atoms with E-state index in [1.165, 1.54) is 41.6 Å². The predicted molar refractivity (Wildman–Crippen MR) is 118 cm³/mol. The highest BCUT2D eigenvalue weighted by molar-refractivity contribution is 7.89. The highest BCUT2D eigenvalue weighted by Gasteiger charge is 2.26. The molecule has 0 aromatic heterocycles. The molecule has 0 spiro atoms. The van der Waals surface area contributed by atoms with Crippen molar-refractivity contribution in [3.63, 3.8) is 0 Å². The van der Waals surface area contributed by atoms with Crippen molar-refractivity contribution in [2.45, 2.75) is 25.7 Å². The Morgan fingerprint density at radius 2 is 1.84 bits per heavy atom. The number of esters is 1. The van der Waals surface area contributed by atoms with Gasteiger partial charge in [-0.2, -0.15) is 4.31 Å². The molecular weight excluding hydrogens is 462 g/mol. The van der Waals surface area contributed by atoms with Gasteiger partial charge in [-0.1, -0.05) is 31.5 Å². The number of halogens is 1. The van der Waals surface area contributed by atoms with Gasteiger partial charge in [0.15, 0.2) is 6.61 Å². The number of benzene rings is 2. The second kappa shape index (κ2) is 10.5. The van der Waals surface area contributed by atoms with Gasteiger partial charge in [0, 0.05) is 19.2 Å². The van der Waals surface area contributed by atoms with Crippen molar-refractivity contribution in [2.24, 2.45) is 0 Å². The van der Waals surface area contributed by atoms with E-state index in [2.05, 4.69) is 5.32 Å². The van der Waals surface area contributed by atoms with Crippen LogP contribution in [0.5, 0.6) is 0 Å². The Morgan fingerprint density at radius 1 is 1.19 bits per heavy atom. The minimum absolute atomic E-state index is 0.0488. The molecule has 172 valence electrons. The number of anilines is 1. The largest absolute Gasteiger partial charge is 0.452 e. The normalized spacial score (nSPS) is 11.3. The number of nitrogens with zero attached hydrogens (tertiary/aromatic N) is 2. The van der Waals surface area contributed by atoms with Crippen LogP contribution in [0.2, 0.25) is 5.02 Å². The highest BCUT2D eigenvalue weighted by Crippen LogP contribution is 2.27. The zero-order valence-corrected chi connectivity index (χ0v) is 19.2. The van der Waals surface area contributed by atoms with Gasteiger partial charge in [-0.3, -0.25) is 14.9 Å². The molecule has 0 saturated heterocycles. The van der Waals surface area contributed by atoms with Gasteiger partial charge in [0.25, 0.3) is 11.6 Å². The number of hydrogen-bond donors (Lipinski definition) is 1. The van der Waals surface area contributed by atoms with Gasteiger partial charge in [-0.15, -0.1) is 0 Å². The van der Waals surface area contributed by atoms with E-state index in [4.69, 9.17) is 16.3 Å². The van der Waals surface area contributed by atoms with Gasteiger partial charge < -0.3 is 10.1 Å². The van der Waals surface area contributed by atoms with Gasteiger partial charge in [-0.05, 0) is 31.2 Å². The standard InChI is InChI=1S/C20H22ClN3O7S/c1-4-23(5-2)32(29,30)18-11-14(9-10-15(18)21)20(26)31-12-19(25)22-16-7-6-8-17(13(16)3)24(27)28/h6-11H,4-5,12H2,1-3H3,(H,22,25). The number of nitro groups is 1. The van der Waals surface area contributed by atoms with E-state index in [1.54, 1.807) is 13.8 Å². The lowest BCUT2D eigenvalue weighted by Crippen LogP contribution is -2.31. The van der Waals surface area contributed by atoms with E-state index in [9.17, 15) is 28.1 Å². The summed E-state index contributed by atoms with van der Waals surface area (Å²) in [6.07, 6.45) is 0. The van der Waals surface area contributed by atoms with Crippen LogP contribution in [-0.4, -0.2) is 49.2 Å². The maximum absolute atomic E-state index is 12.7. The molecule has 2 aromatic rings. The third kappa shape index (κ3) is 5.61. The van der Waals surface area contributed by atoms with E-state index >= 15 is 0 Å². The van der Waals surface area contributed by atoms with Gasteiger partial charge in [0.05, 0.1) is 26.8 Å². The van der Waals surface area contributed by atoms with Crippen molar-refractivity contribution in [3.05, 3.63) is 62.7 Å². The van der Waals surface area contributed by atoms with Crippen LogP contribution >= 0.6 is 11.6 Å². The predicted octanol–water partition coefficient (Wildman–Crippen LogP) is 3.38. The number of amides is 1. The van der Waals surface area contributed by atoms with Crippen molar-refractivity contribution in [1.82, 2.24) is 4.31 Å². The van der Waals surface area contributed by atoms with Crippen molar-refractivity contribution in [2.75, 3.05) is 25.0 Å². The second-order valence-corrected chi connectivity index (χ2v) is 8.88. The second-order valence-electron chi connectivity index (χ2n) is 6.57. The molecule has 0 atom stereocenters. The molecule has 0 heterocycles. The highest BCUT2D eigenvalue weighted by atomic mass is 35.5. The SMILES string of the molecule is CCN(CC)S(=O)(=O)c1cc(C(=O)OCC(=O)Nc2cccc([N+](=O)[O-])c2C)ccc1Cl. The fraction of sp³-hybridized carbons (Fsp3) is 0.300. The molecule has 0 bridgehead atoms. The lowest BCUT2D eigenvalue weighted by molar-refractivity contribution is -0.385. The molecule has 0 aliphatic heterocycles. The molecule has 32 heavy (non-hydrogen) atoms. The van der Waals surface area contributed by atoms with Crippen LogP contribution in [0, 0.1) is 17.0 Å². The molecular formula is C20H22ClN3O7S. The molecule has 1 N–H and O–H groups in total. The first-order valence-electron chi connectivity index (χ1n) is 9.53. The van der Waals surface area contributed by atoms with Crippen LogP contribution in [0.3, 0.4) is 0 Å². The van der Waals surface area contributed by atoms with Crippen LogP contribution in [0.1, 0.15) is 29.8 Å². The van der Waals surface area contributed by atoms with Crippen LogP contribution in [0.15, 0.2) is 41.3 Å². The summed E-state index contributed by atoms with van der Waals surface area (Å²) in [6.45, 7) is 4.60. The number of sulfonamides is 1. The zero-order chi connectivity index (χ0) is 24.1. The van der Waals surface area contributed by atoms with Gasteiger partial charge in [0.2, 0.25) is 10.0 Å². The minimum Gasteiger partial charge on any atom is -0.452 e. The summed E-state index contributed by atoms with van der Waals surface area (Å²) < 4.78 is 31.6. The lowest BCUT2D eigenvalue weighted by atomic mass is 10.1. The van der Waals surface area contributed by atoms with E-state index in [0.717, 1.165) is 6.07 Å². The third-order valence-corrected chi connectivity index (χ3v) is 7.13. The minimum atomic E-state index is -3.92. The number of nitro benzene ring substituents is 1. The molecule has 1 amide bonds. The molecule has 12 heteroatoms. The maximum atomic E-state index is 12.7. The molecule has 0 fully saturated rings. The maximum Gasteiger partial charge on any atom is 0.338 e. The fourth-order valence-corrected chi connectivity index (χ4v) is 4.85. The average molecular weight is 484 g/mol. The Labute approximate surface area is 190 Å². The van der Waals surface area contributed by atoms with Crippen LogP contribution < -0.4 is 5.32 Å². The number of ether oxygens (including phenoxy) is 1. The summed E-state index contributed by atoms with van der Waals surface area (Å²) in [6, 6.07) is 7.84. The number of carbonyl (C=O) groups excluding carboxylic acids is 2. The van der Waals surface area contributed by atoms with Crippen molar-refractivity contribution in [1.29, 1.82) is 0 Å². The first-order chi connectivity index (χ1) is 15.0. The monoisotopic (exact) mass is 483 g/mol. The fourth-order valence-electron chi connectivity index (χ4n) is 2.89. The molecule has 0 radical (unpaired) electrons. The summed E-state index contributed by atoms with van der Waals surface area (Å²) in [7, 11) is -3.92. The third-order valence-electron chi connectivity index (χ3n) is 4.60. The average Bonchev–Trinajstić information content (AvgIpc) is 2.74. The Bertz CT molecular complexity index is 1150. The molecule has 0 aliphatic rings. The van der Waals surface area contributed by atoms with E-state index in [-0.39, 0.29) is 45.5 Å². The summed E-state index contributed by atoms with van der Waals surface area (Å²) in [5, 5.41) is 13.4. The summed E-state index contributed by atoms with van der Waals surface area (Å²) >= 11 is 6.04. The topological polar surface area (TPSA) is 136 Å². The number of nitrogens with one attached hydrogen (secondary N) is 1. The number of rotatable bonds is 9. The first-order valence-corrected chi connectivity index (χ1v) is 11.3. The lowest BCUT2D eigenvalue weighted by Gasteiger charge is -2.19. The zero-order valence-electron chi connectivity index (χ0n) is 17.6. The van der Waals surface area contributed by atoms with E-state index < -0.39 is 33.4 Å². The smallest absolute Gasteiger partial charge is 0.338 e. The Balaban J connectivity index is 2.13. The Morgan fingerprint density at radius 3 is 2.44 bits per heavy atom. The van der Waals surface area contributed by atoms with E-state index in [0.29, 0.717) is 0 Å². The summed E-state index contributed by atoms with van der Waals surface area (Å²) in [5.74, 6) is -1.64. The van der Waals surface area contributed by atoms with Gasteiger partial charge >= 0.3 is 5.97 Å². The van der Waals surface area contributed by atoms with Crippen LogP contribution in [0.4, 0.5) is 11.4 Å². The molecule has 10 nitrogen and oxygen atoms in total.